The van der Waals surface area contributed by atoms with Gasteiger partial charge in [0.2, 0.25) is 5.91 Å². The van der Waals surface area contributed by atoms with Crippen molar-refractivity contribution in [1.82, 2.24) is 4.98 Å². The third-order valence-electron chi connectivity index (χ3n) is 5.46. The molecular weight excluding hydrogens is 467 g/mol. The monoisotopic (exact) mass is 486 g/mol. The second-order valence-electron chi connectivity index (χ2n) is 7.52. The van der Waals surface area contributed by atoms with Crippen molar-refractivity contribution < 1.29 is 14.7 Å². The van der Waals surface area contributed by atoms with E-state index in [-0.39, 0.29) is 18.2 Å². The Balaban J connectivity index is 1.70. The molecule has 0 bridgehead atoms. The Labute approximate surface area is 199 Å². The van der Waals surface area contributed by atoms with Crippen molar-refractivity contribution in [2.45, 2.75) is 18.8 Å². The molecule has 4 rings (SSSR count). The maximum atomic E-state index is 13.6. The number of thiazole rings is 1. The molecule has 8 heteroatoms. The van der Waals surface area contributed by atoms with Crippen LogP contribution in [-0.2, 0) is 9.59 Å². The number of carbonyl (C=O) groups excluding carboxylic acids is 1. The van der Waals surface area contributed by atoms with Crippen molar-refractivity contribution in [2.24, 2.45) is 5.92 Å². The zero-order valence-electron chi connectivity index (χ0n) is 16.9. The number of benzene rings is 2. The fourth-order valence-electron chi connectivity index (χ4n) is 3.91. The number of carboxylic acid groups (broad SMARTS) is 1. The van der Waals surface area contributed by atoms with Gasteiger partial charge in [-0.25, -0.2) is 4.98 Å². The molecule has 2 atom stereocenters. The Morgan fingerprint density at radius 3 is 2.69 bits per heavy atom. The van der Waals surface area contributed by atoms with Gasteiger partial charge in [0.25, 0.3) is 0 Å². The number of hydrogen-bond donors (Lipinski definition) is 1. The summed E-state index contributed by atoms with van der Waals surface area (Å²) in [5.74, 6) is -2.19. The topological polar surface area (TPSA) is 70.5 Å². The predicted octanol–water partition coefficient (Wildman–Crippen LogP) is 6.28. The number of hydrogen-bond acceptors (Lipinski definition) is 4. The van der Waals surface area contributed by atoms with Gasteiger partial charge in [0.1, 0.15) is 0 Å². The van der Waals surface area contributed by atoms with E-state index in [0.29, 0.717) is 39.4 Å². The van der Waals surface area contributed by atoms with Crippen LogP contribution in [0.5, 0.6) is 0 Å². The van der Waals surface area contributed by atoms with Crippen LogP contribution in [0.2, 0.25) is 10.0 Å². The summed E-state index contributed by atoms with van der Waals surface area (Å²) in [7, 11) is 0. The van der Waals surface area contributed by atoms with E-state index < -0.39 is 11.9 Å². The van der Waals surface area contributed by atoms with Gasteiger partial charge in [0.15, 0.2) is 5.13 Å². The van der Waals surface area contributed by atoms with Gasteiger partial charge in [-0.1, -0.05) is 65.7 Å². The molecular formula is C24H20Cl2N2O3S. The summed E-state index contributed by atoms with van der Waals surface area (Å²) < 4.78 is 0. The molecule has 1 aliphatic rings. The number of nitrogens with zero attached hydrogens (tertiary/aromatic N) is 2. The molecule has 0 saturated carbocycles. The molecule has 3 aromatic rings. The summed E-state index contributed by atoms with van der Waals surface area (Å²) in [5, 5.41) is 12.9. The van der Waals surface area contributed by atoms with Crippen LogP contribution in [0.15, 0.2) is 66.1 Å². The van der Waals surface area contributed by atoms with Crippen molar-refractivity contribution in [1.29, 1.82) is 0 Å². The zero-order valence-corrected chi connectivity index (χ0v) is 19.3. The molecule has 0 aliphatic carbocycles. The van der Waals surface area contributed by atoms with Gasteiger partial charge in [0.05, 0.1) is 23.1 Å². The number of halogens is 2. The largest absolute Gasteiger partial charge is 0.481 e. The van der Waals surface area contributed by atoms with E-state index in [4.69, 9.17) is 23.2 Å². The summed E-state index contributed by atoms with van der Waals surface area (Å²) in [4.78, 5) is 31.5. The molecule has 32 heavy (non-hydrogen) atoms. The van der Waals surface area contributed by atoms with Crippen LogP contribution in [0.1, 0.15) is 24.3 Å². The van der Waals surface area contributed by atoms with E-state index in [1.807, 2.05) is 47.9 Å². The third kappa shape index (κ3) is 4.88. The van der Waals surface area contributed by atoms with E-state index in [1.54, 1.807) is 23.1 Å². The second-order valence-corrected chi connectivity index (χ2v) is 9.20. The lowest BCUT2D eigenvalue weighted by Gasteiger charge is -2.31. The third-order valence-corrected chi connectivity index (χ3v) is 6.89. The lowest BCUT2D eigenvalue weighted by atomic mass is 9.80. The van der Waals surface area contributed by atoms with Crippen molar-refractivity contribution in [3.63, 3.8) is 0 Å². The van der Waals surface area contributed by atoms with Gasteiger partial charge in [-0.2, -0.15) is 0 Å². The summed E-state index contributed by atoms with van der Waals surface area (Å²) in [6.07, 6.45) is 4.29. The minimum atomic E-state index is -1.00. The molecule has 164 valence electrons. The van der Waals surface area contributed by atoms with Crippen LogP contribution < -0.4 is 4.90 Å². The quantitative estimate of drug-likeness (QED) is 0.430. The van der Waals surface area contributed by atoms with Crippen LogP contribution in [0, 0.1) is 5.92 Å². The number of anilines is 1. The molecule has 0 fully saturated rings. The van der Waals surface area contributed by atoms with E-state index in [2.05, 4.69) is 4.98 Å². The molecule has 2 heterocycles. The van der Waals surface area contributed by atoms with Crippen LogP contribution in [0.25, 0.3) is 11.3 Å². The van der Waals surface area contributed by atoms with Gasteiger partial charge in [-0.15, -0.1) is 11.3 Å². The second kappa shape index (κ2) is 9.86. The number of rotatable bonds is 5. The fourth-order valence-corrected chi connectivity index (χ4v) is 5.14. The maximum Gasteiger partial charge on any atom is 0.304 e. The first kappa shape index (κ1) is 22.5. The summed E-state index contributed by atoms with van der Waals surface area (Å²) in [5.41, 5.74) is 2.25. The van der Waals surface area contributed by atoms with Crippen LogP contribution in [0.3, 0.4) is 0 Å². The first-order valence-corrected chi connectivity index (χ1v) is 11.7. The van der Waals surface area contributed by atoms with Crippen molar-refractivity contribution >= 4 is 51.5 Å². The summed E-state index contributed by atoms with van der Waals surface area (Å²) in [6.45, 7) is 0.326. The molecule has 1 aliphatic heterocycles. The highest BCUT2D eigenvalue weighted by molar-refractivity contribution is 7.14. The van der Waals surface area contributed by atoms with E-state index in [1.165, 1.54) is 11.3 Å². The molecule has 1 amide bonds. The molecule has 0 saturated heterocycles. The number of carboxylic acids is 1. The Bertz CT molecular complexity index is 1160. The molecule has 5 nitrogen and oxygen atoms in total. The minimum Gasteiger partial charge on any atom is -0.481 e. The standard InChI is InChI=1S/C24H20Cl2N2O3S/c25-16-9-10-20(26)19(12-16)21-14-32-24(27-21)28-11-5-4-8-17(15-6-2-1-3-7-15)18(23(28)31)13-22(29)30/h1-7,9-10,12,14,17-18H,8,11,13H2,(H,29,30)/b5-4-/t17?,18-/m0/s1. The molecule has 2 aromatic carbocycles. The smallest absolute Gasteiger partial charge is 0.304 e. The van der Waals surface area contributed by atoms with Gasteiger partial charge < -0.3 is 5.11 Å². The molecule has 1 unspecified atom stereocenters. The SMILES string of the molecule is O=C(O)C[C@@H]1C(=O)N(c2nc(-c3cc(Cl)ccc3Cl)cs2)C/C=C\CC1c1ccccc1. The van der Waals surface area contributed by atoms with Crippen molar-refractivity contribution in [3.05, 3.63) is 81.7 Å². The average Bonchev–Trinajstić information content (AvgIpc) is 3.25. The van der Waals surface area contributed by atoms with Crippen molar-refractivity contribution in [3.8, 4) is 11.3 Å². The lowest BCUT2D eigenvalue weighted by molar-refractivity contribution is -0.141. The maximum absolute atomic E-state index is 13.6. The Morgan fingerprint density at radius 1 is 1.16 bits per heavy atom. The number of amides is 1. The van der Waals surface area contributed by atoms with E-state index in [9.17, 15) is 14.7 Å². The normalized spacial score (nSPS) is 19.9. The molecule has 1 aromatic heterocycles. The van der Waals surface area contributed by atoms with E-state index in [0.717, 1.165) is 5.56 Å². The van der Waals surface area contributed by atoms with E-state index >= 15 is 0 Å². The zero-order chi connectivity index (χ0) is 22.7. The van der Waals surface area contributed by atoms with Crippen LogP contribution in [-0.4, -0.2) is 28.5 Å². The van der Waals surface area contributed by atoms with Gasteiger partial charge >= 0.3 is 5.97 Å². The highest BCUT2D eigenvalue weighted by Gasteiger charge is 2.36. The Hall–Kier alpha value is -2.67. The summed E-state index contributed by atoms with van der Waals surface area (Å²) in [6, 6.07) is 14.7. The van der Waals surface area contributed by atoms with Crippen LogP contribution in [0.4, 0.5) is 5.13 Å². The number of allylic oxidation sites excluding steroid dienone is 1. The summed E-state index contributed by atoms with van der Waals surface area (Å²) >= 11 is 13.7. The molecule has 1 N–H and O–H groups in total. The first-order chi connectivity index (χ1) is 15.4. The Morgan fingerprint density at radius 2 is 1.94 bits per heavy atom. The fraction of sp³-hybridized carbons (Fsp3) is 0.208. The first-order valence-electron chi connectivity index (χ1n) is 10.1. The highest BCUT2D eigenvalue weighted by atomic mass is 35.5. The predicted molar refractivity (Wildman–Crippen MR) is 129 cm³/mol. The van der Waals surface area contributed by atoms with Gasteiger partial charge in [-0.3, -0.25) is 14.5 Å². The Kier molecular flexibility index (Phi) is 6.94. The highest BCUT2D eigenvalue weighted by Crippen LogP contribution is 2.38. The number of aliphatic carboxylic acids is 1. The van der Waals surface area contributed by atoms with Crippen LogP contribution >= 0.6 is 34.5 Å². The molecule has 0 spiro atoms. The lowest BCUT2D eigenvalue weighted by Crippen LogP contribution is -2.40. The van der Waals surface area contributed by atoms with Gasteiger partial charge in [0, 0.05) is 22.5 Å². The minimum absolute atomic E-state index is 0.236. The number of carbonyl (C=O) groups is 2. The van der Waals surface area contributed by atoms with Crippen molar-refractivity contribution in [2.75, 3.05) is 11.4 Å². The molecule has 0 radical (unpaired) electrons. The average molecular weight is 487 g/mol. The van der Waals surface area contributed by atoms with Gasteiger partial charge in [-0.05, 0) is 36.1 Å². The number of aromatic nitrogens is 1.